The molecule has 0 aromatic heterocycles. The number of sulfonamides is 1. The maximum atomic E-state index is 12.3. The lowest BCUT2D eigenvalue weighted by molar-refractivity contribution is 0.199. The zero-order valence-electron chi connectivity index (χ0n) is 11.0. The summed E-state index contributed by atoms with van der Waals surface area (Å²) in [6.07, 6.45) is 2.03. The molecule has 0 aliphatic carbocycles. The van der Waals surface area contributed by atoms with E-state index in [0.717, 1.165) is 18.4 Å². The van der Waals surface area contributed by atoms with Crippen molar-refractivity contribution in [2.24, 2.45) is 0 Å². The fourth-order valence-corrected chi connectivity index (χ4v) is 3.97. The van der Waals surface area contributed by atoms with Crippen LogP contribution in [0.3, 0.4) is 0 Å². The normalized spacial score (nSPS) is 15.3. The number of nitrogens with zero attached hydrogens (tertiary/aromatic N) is 1. The summed E-state index contributed by atoms with van der Waals surface area (Å²) in [5.41, 5.74) is 1.34. The van der Waals surface area contributed by atoms with Crippen molar-refractivity contribution in [1.29, 1.82) is 0 Å². The predicted molar refractivity (Wildman–Crippen MR) is 74.1 cm³/mol. The van der Waals surface area contributed by atoms with Crippen molar-refractivity contribution in [3.05, 3.63) is 23.8 Å². The smallest absolute Gasteiger partial charge is 0.235 e. The first-order valence-electron chi connectivity index (χ1n) is 6.36. The van der Waals surface area contributed by atoms with Crippen molar-refractivity contribution in [3.8, 4) is 5.75 Å². The second kappa shape index (κ2) is 5.79. The van der Waals surface area contributed by atoms with Crippen LogP contribution in [0.1, 0.15) is 18.4 Å². The van der Waals surface area contributed by atoms with Crippen LogP contribution < -0.4 is 4.31 Å². The van der Waals surface area contributed by atoms with Crippen molar-refractivity contribution >= 4 is 15.7 Å². The van der Waals surface area contributed by atoms with Gasteiger partial charge in [-0.2, -0.15) is 0 Å². The minimum Gasteiger partial charge on any atom is -0.506 e. The Morgan fingerprint density at radius 1 is 1.42 bits per heavy atom. The van der Waals surface area contributed by atoms with Crippen LogP contribution in [0.2, 0.25) is 0 Å². The SMILES string of the molecule is COCCCS(=O)(=O)N1CCCc2cccc(O)c21. The Balaban J connectivity index is 2.28. The topological polar surface area (TPSA) is 66.8 Å². The Morgan fingerprint density at radius 3 is 2.95 bits per heavy atom. The molecule has 0 saturated carbocycles. The van der Waals surface area contributed by atoms with E-state index in [1.54, 1.807) is 13.2 Å². The summed E-state index contributed by atoms with van der Waals surface area (Å²) in [5.74, 6) is 0.0711. The molecule has 0 atom stereocenters. The highest BCUT2D eigenvalue weighted by Crippen LogP contribution is 2.37. The summed E-state index contributed by atoms with van der Waals surface area (Å²) >= 11 is 0. The third kappa shape index (κ3) is 3.01. The first-order chi connectivity index (χ1) is 9.06. The molecule has 0 amide bonds. The Labute approximate surface area is 113 Å². The van der Waals surface area contributed by atoms with Crippen molar-refractivity contribution < 1.29 is 18.3 Å². The second-order valence-electron chi connectivity index (χ2n) is 4.62. The molecule has 1 aliphatic rings. The van der Waals surface area contributed by atoms with Crippen LogP contribution in [-0.2, 0) is 21.2 Å². The van der Waals surface area contributed by atoms with Gasteiger partial charge in [0.05, 0.1) is 11.4 Å². The van der Waals surface area contributed by atoms with Gasteiger partial charge in [0.2, 0.25) is 10.0 Å². The van der Waals surface area contributed by atoms with Gasteiger partial charge in [0.1, 0.15) is 5.75 Å². The molecule has 1 aromatic rings. The van der Waals surface area contributed by atoms with E-state index in [-0.39, 0.29) is 11.5 Å². The maximum absolute atomic E-state index is 12.3. The Bertz CT molecular complexity index is 542. The van der Waals surface area contributed by atoms with Crippen LogP contribution in [-0.4, -0.2) is 39.5 Å². The summed E-state index contributed by atoms with van der Waals surface area (Å²) in [5, 5.41) is 9.93. The quantitative estimate of drug-likeness (QED) is 0.833. The van der Waals surface area contributed by atoms with Crippen molar-refractivity contribution in [2.45, 2.75) is 19.3 Å². The van der Waals surface area contributed by atoms with E-state index in [2.05, 4.69) is 0 Å². The van der Waals surface area contributed by atoms with Crippen LogP contribution in [0.15, 0.2) is 18.2 Å². The van der Waals surface area contributed by atoms with Crippen LogP contribution in [0.25, 0.3) is 0 Å². The highest BCUT2D eigenvalue weighted by molar-refractivity contribution is 7.92. The molecule has 1 aliphatic heterocycles. The highest BCUT2D eigenvalue weighted by atomic mass is 32.2. The van der Waals surface area contributed by atoms with E-state index in [9.17, 15) is 13.5 Å². The van der Waals surface area contributed by atoms with Crippen molar-refractivity contribution in [2.75, 3.05) is 30.3 Å². The number of fused-ring (bicyclic) bond motifs is 1. The fraction of sp³-hybridized carbons (Fsp3) is 0.538. The number of para-hydroxylation sites is 1. The number of hydrogen-bond donors (Lipinski definition) is 1. The monoisotopic (exact) mass is 285 g/mol. The van der Waals surface area contributed by atoms with E-state index >= 15 is 0 Å². The number of hydrogen-bond acceptors (Lipinski definition) is 4. The molecule has 2 rings (SSSR count). The molecular formula is C13H19NO4S. The number of ether oxygens (including phenoxy) is 1. The van der Waals surface area contributed by atoms with Crippen LogP contribution >= 0.6 is 0 Å². The molecule has 106 valence electrons. The third-order valence-corrected chi connectivity index (χ3v) is 5.08. The fourth-order valence-electron chi connectivity index (χ4n) is 2.37. The number of rotatable bonds is 5. The van der Waals surface area contributed by atoms with Gasteiger partial charge in [-0.3, -0.25) is 4.31 Å². The van der Waals surface area contributed by atoms with E-state index in [1.165, 1.54) is 10.4 Å². The first kappa shape index (κ1) is 14.1. The Kier molecular flexibility index (Phi) is 4.31. The van der Waals surface area contributed by atoms with Gasteiger partial charge in [0.25, 0.3) is 0 Å². The van der Waals surface area contributed by atoms with Crippen LogP contribution in [0, 0.1) is 0 Å². The van der Waals surface area contributed by atoms with Gasteiger partial charge in [-0.15, -0.1) is 0 Å². The Morgan fingerprint density at radius 2 is 2.21 bits per heavy atom. The molecule has 1 N–H and O–H groups in total. The molecule has 0 radical (unpaired) electrons. The molecule has 1 heterocycles. The lowest BCUT2D eigenvalue weighted by Gasteiger charge is -2.31. The number of phenols is 1. The molecule has 0 fully saturated rings. The number of benzene rings is 1. The van der Waals surface area contributed by atoms with E-state index in [0.29, 0.717) is 25.3 Å². The first-order valence-corrected chi connectivity index (χ1v) is 7.97. The van der Waals surface area contributed by atoms with Gasteiger partial charge >= 0.3 is 0 Å². The van der Waals surface area contributed by atoms with Gasteiger partial charge in [0.15, 0.2) is 0 Å². The number of phenolic OH excluding ortho intramolecular Hbond substituents is 1. The van der Waals surface area contributed by atoms with Gasteiger partial charge in [0, 0.05) is 20.3 Å². The summed E-state index contributed by atoms with van der Waals surface area (Å²) in [6, 6.07) is 5.14. The lowest BCUT2D eigenvalue weighted by Crippen LogP contribution is -2.37. The zero-order valence-corrected chi connectivity index (χ0v) is 11.8. The average molecular weight is 285 g/mol. The maximum Gasteiger partial charge on any atom is 0.235 e. The number of aryl methyl sites for hydroxylation is 1. The Hall–Kier alpha value is -1.27. The summed E-state index contributed by atoms with van der Waals surface area (Å²) in [7, 11) is -1.85. The highest BCUT2D eigenvalue weighted by Gasteiger charge is 2.29. The molecule has 5 nitrogen and oxygen atoms in total. The largest absolute Gasteiger partial charge is 0.506 e. The predicted octanol–water partition coefficient (Wildman–Crippen LogP) is 1.51. The van der Waals surface area contributed by atoms with Gasteiger partial charge in [-0.1, -0.05) is 12.1 Å². The van der Waals surface area contributed by atoms with Crippen molar-refractivity contribution in [3.63, 3.8) is 0 Å². The van der Waals surface area contributed by atoms with E-state index in [1.807, 2.05) is 6.07 Å². The lowest BCUT2D eigenvalue weighted by atomic mass is 10.0. The minimum absolute atomic E-state index is 0.0347. The number of aromatic hydroxyl groups is 1. The molecule has 0 unspecified atom stereocenters. The van der Waals surface area contributed by atoms with Gasteiger partial charge in [-0.05, 0) is 30.9 Å². The molecule has 0 spiro atoms. The van der Waals surface area contributed by atoms with Gasteiger partial charge in [-0.25, -0.2) is 8.42 Å². The van der Waals surface area contributed by atoms with Gasteiger partial charge < -0.3 is 9.84 Å². The second-order valence-corrected chi connectivity index (χ2v) is 6.64. The standard InChI is InChI=1S/C13H19NO4S/c1-18-9-4-10-19(16,17)14-8-3-6-11-5-2-7-12(15)13(11)14/h2,5,7,15H,3-4,6,8-10H2,1H3. The number of anilines is 1. The minimum atomic E-state index is -3.40. The molecule has 6 heteroatoms. The summed E-state index contributed by atoms with van der Waals surface area (Å²) in [4.78, 5) is 0. The van der Waals surface area contributed by atoms with Crippen molar-refractivity contribution in [1.82, 2.24) is 0 Å². The molecule has 0 bridgehead atoms. The number of methoxy groups -OCH3 is 1. The van der Waals surface area contributed by atoms with E-state index in [4.69, 9.17) is 4.74 Å². The average Bonchev–Trinajstić information content (AvgIpc) is 2.38. The zero-order chi connectivity index (χ0) is 13.9. The molecular weight excluding hydrogens is 266 g/mol. The van der Waals surface area contributed by atoms with Crippen LogP contribution in [0.4, 0.5) is 5.69 Å². The molecule has 0 saturated heterocycles. The molecule has 19 heavy (non-hydrogen) atoms. The summed E-state index contributed by atoms with van der Waals surface area (Å²) in [6.45, 7) is 0.848. The van der Waals surface area contributed by atoms with Crippen LogP contribution in [0.5, 0.6) is 5.75 Å². The summed E-state index contributed by atoms with van der Waals surface area (Å²) < 4.78 is 30.9. The molecule has 1 aromatic carbocycles. The third-order valence-electron chi connectivity index (χ3n) is 3.24. The van der Waals surface area contributed by atoms with E-state index < -0.39 is 10.0 Å².